The number of benzene rings is 1. The van der Waals surface area contributed by atoms with Gasteiger partial charge in [-0.25, -0.2) is 9.18 Å². The van der Waals surface area contributed by atoms with Crippen molar-refractivity contribution < 1.29 is 27.8 Å². The van der Waals surface area contributed by atoms with Gasteiger partial charge in [0.05, 0.1) is 5.56 Å². The molecule has 0 aliphatic rings. The van der Waals surface area contributed by atoms with Gasteiger partial charge in [0.25, 0.3) is 0 Å². The van der Waals surface area contributed by atoms with Gasteiger partial charge >= 0.3 is 12.6 Å². The Labute approximate surface area is 99.5 Å². The first-order chi connectivity index (χ1) is 8.43. The highest BCUT2D eigenvalue weighted by atomic mass is 19.3. The van der Waals surface area contributed by atoms with Crippen LogP contribution >= 0.6 is 0 Å². The lowest BCUT2D eigenvalue weighted by Crippen LogP contribution is -2.03. The summed E-state index contributed by atoms with van der Waals surface area (Å²) in [6.45, 7) is -3.13. The van der Waals surface area contributed by atoms with Crippen LogP contribution < -0.4 is 4.74 Å². The molecular weight excluding hydrogens is 251 g/mol. The monoisotopic (exact) mass is 257 g/mol. The minimum Gasteiger partial charge on any atom is -0.478 e. The third-order valence-electron chi connectivity index (χ3n) is 1.83. The molecule has 1 N–H and O–H groups in total. The smallest absolute Gasteiger partial charge is 0.387 e. The van der Waals surface area contributed by atoms with Crippen LogP contribution in [-0.2, 0) is 4.79 Å². The molecule has 0 saturated carbocycles. The molecule has 0 radical (unpaired) electrons. The molecule has 0 saturated heterocycles. The van der Waals surface area contributed by atoms with Gasteiger partial charge in [0, 0.05) is 17.7 Å². The fourth-order valence-electron chi connectivity index (χ4n) is 1.15. The number of nitriles is 1. The van der Waals surface area contributed by atoms with E-state index in [-0.39, 0.29) is 5.56 Å². The second-order valence-electron chi connectivity index (χ2n) is 3.04. The van der Waals surface area contributed by atoms with Gasteiger partial charge in [0.2, 0.25) is 0 Å². The number of carboxylic acid groups (broad SMARTS) is 1. The van der Waals surface area contributed by atoms with Crippen LogP contribution in [0, 0.1) is 17.1 Å². The Morgan fingerprint density at radius 1 is 1.50 bits per heavy atom. The number of hydrogen-bond acceptors (Lipinski definition) is 3. The lowest BCUT2D eigenvalue weighted by Gasteiger charge is -2.07. The summed E-state index contributed by atoms with van der Waals surface area (Å²) in [7, 11) is 0. The summed E-state index contributed by atoms with van der Waals surface area (Å²) >= 11 is 0. The molecule has 1 aromatic carbocycles. The number of ether oxygens (including phenoxy) is 1. The number of halogens is 3. The first kappa shape index (κ1) is 13.6. The molecule has 4 nitrogen and oxygen atoms in total. The maximum Gasteiger partial charge on any atom is 0.387 e. The van der Waals surface area contributed by atoms with E-state index in [0.29, 0.717) is 6.08 Å². The summed E-state index contributed by atoms with van der Waals surface area (Å²) in [4.78, 5) is 10.3. The summed E-state index contributed by atoms with van der Waals surface area (Å²) in [5.41, 5.74) is -0.842. The third kappa shape index (κ3) is 3.52. The molecule has 0 unspecified atom stereocenters. The van der Waals surface area contributed by atoms with Gasteiger partial charge in [-0.15, -0.1) is 0 Å². The van der Waals surface area contributed by atoms with Crippen molar-refractivity contribution in [2.24, 2.45) is 0 Å². The molecule has 0 spiro atoms. The largest absolute Gasteiger partial charge is 0.478 e. The summed E-state index contributed by atoms with van der Waals surface area (Å²) < 4.78 is 41.5. The Kier molecular flexibility index (Phi) is 4.32. The molecule has 7 heteroatoms. The number of aliphatic carboxylic acids is 1. The van der Waals surface area contributed by atoms with Gasteiger partial charge in [-0.1, -0.05) is 0 Å². The average Bonchev–Trinajstić information content (AvgIpc) is 2.28. The first-order valence-corrected chi connectivity index (χ1v) is 4.53. The van der Waals surface area contributed by atoms with Crippen molar-refractivity contribution in [2.45, 2.75) is 6.61 Å². The first-order valence-electron chi connectivity index (χ1n) is 4.53. The van der Waals surface area contributed by atoms with E-state index >= 15 is 0 Å². The number of alkyl halides is 2. The maximum absolute atomic E-state index is 13.5. The highest BCUT2D eigenvalue weighted by Crippen LogP contribution is 2.23. The van der Waals surface area contributed by atoms with E-state index in [1.54, 1.807) is 0 Å². The van der Waals surface area contributed by atoms with Crippen LogP contribution in [0.3, 0.4) is 0 Å². The summed E-state index contributed by atoms with van der Waals surface area (Å²) in [5.74, 6) is -2.77. The Morgan fingerprint density at radius 3 is 2.67 bits per heavy atom. The van der Waals surface area contributed by atoms with Crippen LogP contribution in [0.15, 0.2) is 18.2 Å². The summed E-state index contributed by atoms with van der Waals surface area (Å²) in [6.07, 6.45) is 1.46. The summed E-state index contributed by atoms with van der Waals surface area (Å²) in [6, 6.07) is 3.14. The molecule has 0 aromatic heterocycles. The van der Waals surface area contributed by atoms with E-state index in [1.807, 2.05) is 0 Å². The van der Waals surface area contributed by atoms with Gasteiger partial charge < -0.3 is 9.84 Å². The van der Waals surface area contributed by atoms with E-state index < -0.39 is 29.7 Å². The topological polar surface area (TPSA) is 70.3 Å². The molecule has 0 heterocycles. The van der Waals surface area contributed by atoms with Gasteiger partial charge in [-0.05, 0) is 12.1 Å². The van der Waals surface area contributed by atoms with E-state index in [2.05, 4.69) is 4.74 Å². The molecule has 0 amide bonds. The highest BCUT2D eigenvalue weighted by molar-refractivity contribution is 5.85. The van der Waals surface area contributed by atoms with E-state index in [1.165, 1.54) is 6.07 Å². The van der Waals surface area contributed by atoms with E-state index in [0.717, 1.165) is 18.2 Å². The average molecular weight is 257 g/mol. The number of carboxylic acids is 1. The Bertz CT molecular complexity index is 535. The van der Waals surface area contributed by atoms with E-state index in [9.17, 15) is 18.0 Å². The van der Waals surface area contributed by atoms with Crippen molar-refractivity contribution in [1.29, 1.82) is 5.26 Å². The normalized spacial score (nSPS) is 10.6. The number of carbonyl (C=O) groups is 1. The van der Waals surface area contributed by atoms with Crippen molar-refractivity contribution in [3.63, 3.8) is 0 Å². The zero-order valence-corrected chi connectivity index (χ0v) is 8.73. The molecule has 0 aliphatic heterocycles. The Balaban J connectivity index is 3.23. The fourth-order valence-corrected chi connectivity index (χ4v) is 1.15. The molecule has 1 aromatic rings. The minimum absolute atomic E-state index is 0.327. The van der Waals surface area contributed by atoms with Crippen molar-refractivity contribution >= 4 is 12.0 Å². The van der Waals surface area contributed by atoms with Gasteiger partial charge in [-0.2, -0.15) is 14.0 Å². The van der Waals surface area contributed by atoms with Crippen LogP contribution in [0.2, 0.25) is 0 Å². The zero-order valence-electron chi connectivity index (χ0n) is 8.73. The SMILES string of the molecule is N#Cc1cc(OC(F)F)cc(/C=C/C(=O)O)c1F. The predicted octanol–water partition coefficient (Wildman–Crippen LogP) is 2.40. The Morgan fingerprint density at radius 2 is 2.17 bits per heavy atom. The van der Waals surface area contributed by atoms with Crippen LogP contribution in [0.4, 0.5) is 13.2 Å². The van der Waals surface area contributed by atoms with Gasteiger partial charge in [-0.3, -0.25) is 0 Å². The lowest BCUT2D eigenvalue weighted by molar-refractivity contribution is -0.131. The van der Waals surface area contributed by atoms with Crippen LogP contribution in [0.25, 0.3) is 6.08 Å². The minimum atomic E-state index is -3.13. The van der Waals surface area contributed by atoms with Crippen LogP contribution in [0.1, 0.15) is 11.1 Å². The van der Waals surface area contributed by atoms with Crippen molar-refractivity contribution in [3.8, 4) is 11.8 Å². The highest BCUT2D eigenvalue weighted by Gasteiger charge is 2.12. The molecule has 0 atom stereocenters. The molecular formula is C11H6F3NO3. The number of hydrogen-bond donors (Lipinski definition) is 1. The van der Waals surface area contributed by atoms with Crippen molar-refractivity contribution in [1.82, 2.24) is 0 Å². The zero-order chi connectivity index (χ0) is 13.7. The second kappa shape index (κ2) is 5.72. The van der Waals surface area contributed by atoms with Crippen molar-refractivity contribution in [2.75, 3.05) is 0 Å². The molecule has 18 heavy (non-hydrogen) atoms. The predicted molar refractivity (Wildman–Crippen MR) is 54.4 cm³/mol. The molecule has 0 aliphatic carbocycles. The number of rotatable bonds is 4. The molecule has 0 fully saturated rings. The van der Waals surface area contributed by atoms with E-state index in [4.69, 9.17) is 10.4 Å². The lowest BCUT2D eigenvalue weighted by atomic mass is 10.1. The van der Waals surface area contributed by atoms with Gasteiger partial charge in [0.1, 0.15) is 17.6 Å². The molecule has 1 rings (SSSR count). The second-order valence-corrected chi connectivity index (χ2v) is 3.04. The molecule has 0 bridgehead atoms. The summed E-state index contributed by atoms with van der Waals surface area (Å²) in [5, 5.41) is 17.0. The van der Waals surface area contributed by atoms with Crippen LogP contribution in [-0.4, -0.2) is 17.7 Å². The fraction of sp³-hybridized carbons (Fsp3) is 0.0909. The quantitative estimate of drug-likeness (QED) is 0.841. The third-order valence-corrected chi connectivity index (χ3v) is 1.83. The van der Waals surface area contributed by atoms with Crippen molar-refractivity contribution in [3.05, 3.63) is 35.2 Å². The number of nitrogens with zero attached hydrogens (tertiary/aromatic N) is 1. The van der Waals surface area contributed by atoms with Gasteiger partial charge in [0.15, 0.2) is 0 Å². The maximum atomic E-state index is 13.5. The Hall–Kier alpha value is -2.49. The molecule has 94 valence electrons. The standard InChI is InChI=1S/C11H6F3NO3/c12-10-6(1-2-9(16)17)3-8(18-11(13)14)4-7(10)5-15/h1-4,11H,(H,16,17)/b2-1+. The van der Waals surface area contributed by atoms with Crippen LogP contribution in [0.5, 0.6) is 5.75 Å².